The SMILES string of the molecule is CCN1CCCC(Nc2c(C)c(Cl)nc3ncnn23)C1. The highest BCUT2D eigenvalue weighted by atomic mass is 35.5. The molecule has 7 heteroatoms. The molecule has 1 aliphatic rings. The van der Waals surface area contributed by atoms with Crippen LogP contribution in [0.25, 0.3) is 5.78 Å². The van der Waals surface area contributed by atoms with Gasteiger partial charge in [-0.25, -0.2) is 0 Å². The lowest BCUT2D eigenvalue weighted by Gasteiger charge is -2.33. The van der Waals surface area contributed by atoms with Crippen LogP contribution < -0.4 is 5.32 Å². The van der Waals surface area contributed by atoms with Crippen LogP contribution in [0.2, 0.25) is 5.15 Å². The van der Waals surface area contributed by atoms with Crippen molar-refractivity contribution >= 4 is 23.2 Å². The van der Waals surface area contributed by atoms with E-state index < -0.39 is 0 Å². The van der Waals surface area contributed by atoms with Crippen molar-refractivity contribution < 1.29 is 0 Å². The number of halogens is 1. The van der Waals surface area contributed by atoms with E-state index in [1.54, 1.807) is 4.52 Å². The zero-order chi connectivity index (χ0) is 14.1. The minimum absolute atomic E-state index is 0.410. The van der Waals surface area contributed by atoms with Gasteiger partial charge in [0.2, 0.25) is 0 Å². The Balaban J connectivity index is 1.90. The lowest BCUT2D eigenvalue weighted by Crippen LogP contribution is -2.42. The number of piperidine rings is 1. The molecule has 0 radical (unpaired) electrons. The van der Waals surface area contributed by atoms with Crippen molar-refractivity contribution in [3.05, 3.63) is 17.0 Å². The van der Waals surface area contributed by atoms with Crippen molar-refractivity contribution in [3.8, 4) is 0 Å². The average Bonchev–Trinajstić information content (AvgIpc) is 2.92. The lowest BCUT2D eigenvalue weighted by molar-refractivity contribution is 0.226. The van der Waals surface area contributed by atoms with Crippen LogP contribution in [-0.2, 0) is 0 Å². The van der Waals surface area contributed by atoms with Crippen LogP contribution in [0, 0.1) is 6.92 Å². The fraction of sp³-hybridized carbons (Fsp3) is 0.615. The number of hydrogen-bond donors (Lipinski definition) is 1. The largest absolute Gasteiger partial charge is 0.366 e. The molecule has 2 aromatic heterocycles. The maximum absolute atomic E-state index is 6.18. The van der Waals surface area contributed by atoms with E-state index in [1.165, 1.54) is 19.3 Å². The average molecular weight is 295 g/mol. The molecule has 20 heavy (non-hydrogen) atoms. The molecular formula is C13H19ClN6. The summed E-state index contributed by atoms with van der Waals surface area (Å²) in [6, 6.07) is 0.410. The fourth-order valence-corrected chi connectivity index (χ4v) is 2.89. The van der Waals surface area contributed by atoms with Crippen molar-refractivity contribution in [2.24, 2.45) is 0 Å². The number of fused-ring (bicyclic) bond motifs is 1. The third kappa shape index (κ3) is 2.45. The number of nitrogens with zero attached hydrogens (tertiary/aromatic N) is 5. The number of anilines is 1. The Morgan fingerprint density at radius 3 is 3.15 bits per heavy atom. The summed E-state index contributed by atoms with van der Waals surface area (Å²) in [5.41, 5.74) is 0.915. The second kappa shape index (κ2) is 5.54. The zero-order valence-electron chi connectivity index (χ0n) is 11.8. The molecule has 3 rings (SSSR count). The first-order chi connectivity index (χ1) is 9.69. The van der Waals surface area contributed by atoms with Gasteiger partial charge in [-0.1, -0.05) is 18.5 Å². The van der Waals surface area contributed by atoms with E-state index in [2.05, 4.69) is 32.2 Å². The van der Waals surface area contributed by atoms with E-state index in [0.29, 0.717) is 17.0 Å². The van der Waals surface area contributed by atoms with Crippen LogP contribution in [0.3, 0.4) is 0 Å². The highest BCUT2D eigenvalue weighted by Gasteiger charge is 2.21. The minimum Gasteiger partial charge on any atom is -0.366 e. The van der Waals surface area contributed by atoms with Crippen LogP contribution >= 0.6 is 11.6 Å². The number of hydrogen-bond acceptors (Lipinski definition) is 5. The Labute approximate surface area is 123 Å². The van der Waals surface area contributed by atoms with Gasteiger partial charge >= 0.3 is 0 Å². The van der Waals surface area contributed by atoms with E-state index in [0.717, 1.165) is 30.9 Å². The molecule has 2 aromatic rings. The summed E-state index contributed by atoms with van der Waals surface area (Å²) in [6.45, 7) is 7.48. The van der Waals surface area contributed by atoms with Gasteiger partial charge in [0.05, 0.1) is 0 Å². The van der Waals surface area contributed by atoms with Crippen molar-refractivity contribution in [2.45, 2.75) is 32.7 Å². The summed E-state index contributed by atoms with van der Waals surface area (Å²) < 4.78 is 1.73. The molecule has 108 valence electrons. The highest BCUT2D eigenvalue weighted by Crippen LogP contribution is 2.24. The molecule has 1 aliphatic heterocycles. The van der Waals surface area contributed by atoms with Gasteiger partial charge in [0, 0.05) is 18.2 Å². The fourth-order valence-electron chi connectivity index (χ4n) is 2.72. The maximum Gasteiger partial charge on any atom is 0.255 e. The van der Waals surface area contributed by atoms with Gasteiger partial charge in [-0.15, -0.1) is 0 Å². The molecule has 0 bridgehead atoms. The monoisotopic (exact) mass is 294 g/mol. The number of likely N-dealkylation sites (tertiary alicyclic amines) is 1. The molecule has 0 amide bonds. The molecule has 1 atom stereocenters. The van der Waals surface area contributed by atoms with Crippen LogP contribution in [0.4, 0.5) is 5.82 Å². The molecule has 1 N–H and O–H groups in total. The van der Waals surface area contributed by atoms with Crippen LogP contribution in [0.1, 0.15) is 25.3 Å². The molecule has 0 saturated carbocycles. The number of likely N-dealkylation sites (N-methyl/N-ethyl adjacent to an activating group) is 1. The van der Waals surface area contributed by atoms with Gasteiger partial charge in [-0.2, -0.15) is 19.6 Å². The molecule has 0 aromatic carbocycles. The van der Waals surface area contributed by atoms with Gasteiger partial charge in [0.25, 0.3) is 5.78 Å². The van der Waals surface area contributed by atoms with Crippen LogP contribution in [0.15, 0.2) is 6.33 Å². The van der Waals surface area contributed by atoms with Gasteiger partial charge < -0.3 is 10.2 Å². The summed E-state index contributed by atoms with van der Waals surface area (Å²) in [5, 5.41) is 8.29. The Bertz CT molecular complexity index is 610. The maximum atomic E-state index is 6.18. The smallest absolute Gasteiger partial charge is 0.255 e. The van der Waals surface area contributed by atoms with Crippen LogP contribution in [-0.4, -0.2) is 50.2 Å². The molecule has 0 aliphatic carbocycles. The summed E-state index contributed by atoms with van der Waals surface area (Å²) in [7, 11) is 0. The molecule has 6 nitrogen and oxygen atoms in total. The predicted molar refractivity (Wildman–Crippen MR) is 79.3 cm³/mol. The number of rotatable bonds is 3. The van der Waals surface area contributed by atoms with Gasteiger partial charge in [0.15, 0.2) is 0 Å². The van der Waals surface area contributed by atoms with Gasteiger partial charge in [-0.05, 0) is 32.9 Å². The van der Waals surface area contributed by atoms with E-state index in [1.807, 2.05) is 6.92 Å². The summed E-state index contributed by atoms with van der Waals surface area (Å²) in [5.74, 6) is 1.44. The molecule has 1 saturated heterocycles. The highest BCUT2D eigenvalue weighted by molar-refractivity contribution is 6.30. The van der Waals surface area contributed by atoms with Crippen molar-refractivity contribution in [3.63, 3.8) is 0 Å². The van der Waals surface area contributed by atoms with Crippen LogP contribution in [0.5, 0.6) is 0 Å². The second-order valence-electron chi connectivity index (χ2n) is 5.22. The third-order valence-corrected chi connectivity index (χ3v) is 4.27. The zero-order valence-corrected chi connectivity index (χ0v) is 12.6. The molecule has 3 heterocycles. The van der Waals surface area contributed by atoms with Gasteiger partial charge in [0.1, 0.15) is 17.3 Å². The lowest BCUT2D eigenvalue weighted by atomic mass is 10.1. The second-order valence-corrected chi connectivity index (χ2v) is 5.58. The Kier molecular flexibility index (Phi) is 3.76. The van der Waals surface area contributed by atoms with E-state index in [4.69, 9.17) is 11.6 Å². The van der Waals surface area contributed by atoms with E-state index in [9.17, 15) is 0 Å². The minimum atomic E-state index is 0.410. The van der Waals surface area contributed by atoms with E-state index >= 15 is 0 Å². The quantitative estimate of drug-likeness (QED) is 0.877. The van der Waals surface area contributed by atoms with Crippen molar-refractivity contribution in [1.82, 2.24) is 24.5 Å². The first kappa shape index (κ1) is 13.6. The van der Waals surface area contributed by atoms with Gasteiger partial charge in [-0.3, -0.25) is 0 Å². The summed E-state index contributed by atoms with van der Waals surface area (Å²) >= 11 is 6.18. The van der Waals surface area contributed by atoms with E-state index in [-0.39, 0.29) is 0 Å². The van der Waals surface area contributed by atoms with Crippen molar-refractivity contribution in [2.75, 3.05) is 25.0 Å². The third-order valence-electron chi connectivity index (χ3n) is 3.90. The standard InChI is InChI=1S/C13H19ClN6/c1-3-19-6-4-5-10(7-19)17-12-9(2)11(14)18-13-15-8-16-20(12)13/h8,10,17H,3-7H2,1-2H3. The first-order valence-electron chi connectivity index (χ1n) is 7.03. The molecular weight excluding hydrogens is 276 g/mol. The first-order valence-corrected chi connectivity index (χ1v) is 7.41. The Morgan fingerprint density at radius 1 is 1.50 bits per heavy atom. The normalized spacial score (nSPS) is 20.4. The molecule has 0 spiro atoms. The molecule has 1 unspecified atom stereocenters. The number of nitrogens with one attached hydrogen (secondary N) is 1. The van der Waals surface area contributed by atoms with Crippen molar-refractivity contribution in [1.29, 1.82) is 0 Å². The summed E-state index contributed by atoms with van der Waals surface area (Å²) in [4.78, 5) is 10.8. The molecule has 1 fully saturated rings. The summed E-state index contributed by atoms with van der Waals surface area (Å²) in [6.07, 6.45) is 3.87. The number of aromatic nitrogens is 4. The predicted octanol–water partition coefficient (Wildman–Crippen LogP) is 1.98. The Hall–Kier alpha value is -1.40. The Morgan fingerprint density at radius 2 is 2.35 bits per heavy atom. The topological polar surface area (TPSA) is 58.3 Å².